The number of para-hydroxylation sites is 1. The first-order valence-electron chi connectivity index (χ1n) is 23.6. The van der Waals surface area contributed by atoms with Crippen molar-refractivity contribution in [2.75, 3.05) is 19.6 Å². The SMILES string of the molecule is CC(=O)N[C@@H](Cc1ccccc1)C(=O)NC1CCCNC(=O)[C@H](CCCN=C(N)N)NC(=O)[C@H](Cc2c[nH]c3ccccc23)NC(=O)[C@@H](CCC2CCCCC2)NC(=O)[C@@H]2CCCN2C1=O. The second kappa shape index (κ2) is 24.2. The van der Waals surface area contributed by atoms with Crippen LogP contribution in [0.2, 0.25) is 0 Å². The molecule has 3 heterocycles. The number of hydrogen-bond acceptors (Lipinski definition) is 8. The van der Waals surface area contributed by atoms with E-state index >= 15 is 0 Å². The number of aliphatic imine (C=N–C) groups is 1. The van der Waals surface area contributed by atoms with Crippen LogP contribution in [0.1, 0.15) is 102 Å². The van der Waals surface area contributed by atoms with Crippen LogP contribution in [0.25, 0.3) is 10.9 Å². The van der Waals surface area contributed by atoms with Crippen LogP contribution >= 0.6 is 0 Å². The summed E-state index contributed by atoms with van der Waals surface area (Å²) in [4.78, 5) is 107. The molecule has 7 amide bonds. The Kier molecular flexibility index (Phi) is 17.9. The van der Waals surface area contributed by atoms with E-state index in [0.29, 0.717) is 38.0 Å². The quantitative estimate of drug-likeness (QED) is 0.0646. The standard InChI is InChI=1S/C48H67N11O7/c1-30(60)54-39(27-32-15-6-3-7-16-32)44(63)57-38-20-11-24-51-42(61)36(19-10-25-52-48(49)50)55-45(64)40(28-33-29-53-35-18-9-8-17-34(33)35)58-43(62)37(23-22-31-13-4-2-5-14-31)56-46(65)41-21-12-26-59(41)47(38)66/h3,6-9,15-18,29,31,36-41,53H,2,4-5,10-14,19-28H2,1H3,(H,51,61)(H,54,60)(H,55,64)(H,56,65)(H,57,63)(H,58,62)(H4,49,50,52)/t36-,37+,38?,39-,40-,41-/m0/s1. The molecule has 1 unspecified atom stereocenters. The number of aromatic amines is 1. The van der Waals surface area contributed by atoms with Crippen molar-refractivity contribution in [1.82, 2.24) is 41.8 Å². The number of aromatic nitrogens is 1. The van der Waals surface area contributed by atoms with E-state index in [1.54, 1.807) is 6.20 Å². The molecule has 11 N–H and O–H groups in total. The van der Waals surface area contributed by atoms with E-state index in [4.69, 9.17) is 11.5 Å². The normalized spacial score (nSPS) is 23.3. The molecular weight excluding hydrogens is 843 g/mol. The third-order valence-corrected chi connectivity index (χ3v) is 12.9. The molecule has 6 atom stereocenters. The van der Waals surface area contributed by atoms with Gasteiger partial charge in [0.1, 0.15) is 36.3 Å². The van der Waals surface area contributed by atoms with Crippen molar-refractivity contribution >= 4 is 58.2 Å². The summed E-state index contributed by atoms with van der Waals surface area (Å²) in [5.74, 6) is -3.37. The predicted octanol–water partition coefficient (Wildman–Crippen LogP) is 1.71. The van der Waals surface area contributed by atoms with Crippen LogP contribution in [0.4, 0.5) is 0 Å². The summed E-state index contributed by atoms with van der Waals surface area (Å²) < 4.78 is 0. The lowest BCUT2D eigenvalue weighted by atomic mass is 9.85. The second-order valence-electron chi connectivity index (χ2n) is 17.9. The third-order valence-electron chi connectivity index (χ3n) is 12.9. The average Bonchev–Trinajstić information content (AvgIpc) is 3.97. The summed E-state index contributed by atoms with van der Waals surface area (Å²) in [5.41, 5.74) is 13.5. The molecule has 356 valence electrons. The molecule has 1 saturated carbocycles. The van der Waals surface area contributed by atoms with Gasteiger partial charge in [-0.1, -0.05) is 80.6 Å². The van der Waals surface area contributed by atoms with E-state index in [-0.39, 0.29) is 57.7 Å². The summed E-state index contributed by atoms with van der Waals surface area (Å²) in [6, 6.07) is 10.5. The van der Waals surface area contributed by atoms with Gasteiger partial charge in [-0.25, -0.2) is 0 Å². The van der Waals surface area contributed by atoms with Gasteiger partial charge in [-0.05, 0) is 74.5 Å². The van der Waals surface area contributed by atoms with E-state index in [1.807, 2.05) is 54.6 Å². The first-order valence-corrected chi connectivity index (χ1v) is 23.6. The molecular formula is C48H67N11O7. The third kappa shape index (κ3) is 14.0. The van der Waals surface area contributed by atoms with Crippen LogP contribution in [0.5, 0.6) is 0 Å². The molecule has 0 bridgehead atoms. The van der Waals surface area contributed by atoms with Gasteiger partial charge in [0.2, 0.25) is 41.4 Å². The van der Waals surface area contributed by atoms with Crippen molar-refractivity contribution in [2.45, 2.75) is 139 Å². The highest BCUT2D eigenvalue weighted by molar-refractivity contribution is 5.98. The maximum atomic E-state index is 14.6. The highest BCUT2D eigenvalue weighted by atomic mass is 16.2. The zero-order chi connectivity index (χ0) is 47.0. The molecule has 18 nitrogen and oxygen atoms in total. The molecule has 3 aromatic rings. The monoisotopic (exact) mass is 910 g/mol. The van der Waals surface area contributed by atoms with Crippen molar-refractivity contribution in [3.8, 4) is 0 Å². The minimum Gasteiger partial charge on any atom is -0.370 e. The smallest absolute Gasteiger partial charge is 0.245 e. The number of nitrogens with two attached hydrogens (primary N) is 2. The Morgan fingerprint density at radius 1 is 0.773 bits per heavy atom. The lowest BCUT2D eigenvalue weighted by Gasteiger charge is -2.32. The summed E-state index contributed by atoms with van der Waals surface area (Å²) >= 11 is 0. The van der Waals surface area contributed by atoms with Gasteiger partial charge in [-0.15, -0.1) is 0 Å². The van der Waals surface area contributed by atoms with E-state index in [1.165, 1.54) is 11.8 Å². The Morgan fingerprint density at radius 3 is 2.23 bits per heavy atom. The summed E-state index contributed by atoms with van der Waals surface area (Å²) in [6.07, 6.45) is 10.1. The van der Waals surface area contributed by atoms with Crippen LogP contribution in [0, 0.1) is 5.92 Å². The minimum atomic E-state index is -1.14. The number of nitrogens with zero attached hydrogens (tertiary/aromatic N) is 2. The number of carbonyl (C=O) groups is 7. The van der Waals surface area contributed by atoms with Crippen molar-refractivity contribution in [1.29, 1.82) is 0 Å². The van der Waals surface area contributed by atoms with Crippen molar-refractivity contribution < 1.29 is 33.6 Å². The van der Waals surface area contributed by atoms with Gasteiger partial charge in [0.25, 0.3) is 0 Å². The summed E-state index contributed by atoms with van der Waals surface area (Å²) in [6.45, 7) is 1.82. The largest absolute Gasteiger partial charge is 0.370 e. The first-order chi connectivity index (χ1) is 31.9. The van der Waals surface area contributed by atoms with Crippen LogP contribution in [-0.4, -0.2) is 113 Å². The van der Waals surface area contributed by atoms with Gasteiger partial charge < -0.3 is 53.3 Å². The molecule has 3 aliphatic rings. The lowest BCUT2D eigenvalue weighted by Crippen LogP contribution is -2.60. The number of benzene rings is 2. The fraction of sp³-hybridized carbons (Fsp3) is 0.542. The number of carbonyl (C=O) groups excluding carboxylic acids is 7. The number of amides is 7. The molecule has 18 heteroatoms. The molecule has 66 heavy (non-hydrogen) atoms. The number of H-pyrrole nitrogens is 1. The molecule has 1 aliphatic carbocycles. The number of nitrogens with one attached hydrogen (secondary N) is 7. The fourth-order valence-electron chi connectivity index (χ4n) is 9.44. The molecule has 0 spiro atoms. The van der Waals surface area contributed by atoms with Gasteiger partial charge in [-0.3, -0.25) is 38.6 Å². The lowest BCUT2D eigenvalue weighted by molar-refractivity contribution is -0.142. The highest BCUT2D eigenvalue weighted by Gasteiger charge is 2.40. The molecule has 2 aliphatic heterocycles. The van der Waals surface area contributed by atoms with E-state index in [2.05, 4.69) is 41.9 Å². The first kappa shape index (κ1) is 49.0. The van der Waals surface area contributed by atoms with E-state index in [9.17, 15) is 33.6 Å². The van der Waals surface area contributed by atoms with Gasteiger partial charge in [0.15, 0.2) is 5.96 Å². The molecule has 2 aromatic carbocycles. The zero-order valence-corrected chi connectivity index (χ0v) is 37.9. The van der Waals surface area contributed by atoms with Crippen LogP contribution in [0.15, 0.2) is 65.8 Å². The molecule has 1 aromatic heterocycles. The Hall–Kier alpha value is -6.46. The number of rotatable bonds is 14. The zero-order valence-electron chi connectivity index (χ0n) is 37.9. The average molecular weight is 910 g/mol. The molecule has 0 radical (unpaired) electrons. The van der Waals surface area contributed by atoms with Crippen molar-refractivity contribution in [2.24, 2.45) is 22.4 Å². The van der Waals surface area contributed by atoms with Crippen molar-refractivity contribution in [3.05, 3.63) is 71.9 Å². The Balaban J connectivity index is 1.31. The van der Waals surface area contributed by atoms with Gasteiger partial charge >= 0.3 is 0 Å². The maximum Gasteiger partial charge on any atom is 0.245 e. The summed E-state index contributed by atoms with van der Waals surface area (Å²) in [7, 11) is 0. The van der Waals surface area contributed by atoms with Crippen LogP contribution in [-0.2, 0) is 46.4 Å². The second-order valence-corrected chi connectivity index (χ2v) is 17.9. The predicted molar refractivity (Wildman–Crippen MR) is 250 cm³/mol. The topological polar surface area (TPSA) is 275 Å². The Labute approximate surface area is 386 Å². The number of guanidine groups is 1. The maximum absolute atomic E-state index is 14.6. The van der Waals surface area contributed by atoms with Gasteiger partial charge in [-0.2, -0.15) is 0 Å². The van der Waals surface area contributed by atoms with Crippen molar-refractivity contribution in [3.63, 3.8) is 0 Å². The molecule has 3 fully saturated rings. The van der Waals surface area contributed by atoms with Gasteiger partial charge in [0.05, 0.1) is 0 Å². The van der Waals surface area contributed by atoms with E-state index < -0.39 is 77.6 Å². The van der Waals surface area contributed by atoms with Crippen LogP contribution in [0.3, 0.4) is 0 Å². The Morgan fingerprint density at radius 2 is 1.47 bits per heavy atom. The minimum absolute atomic E-state index is 0.0694. The summed E-state index contributed by atoms with van der Waals surface area (Å²) in [5, 5.41) is 18.2. The molecule has 6 rings (SSSR count). The van der Waals surface area contributed by atoms with Gasteiger partial charge in [0, 0.05) is 56.5 Å². The highest BCUT2D eigenvalue weighted by Crippen LogP contribution is 2.28. The molecule has 2 saturated heterocycles. The fourth-order valence-corrected chi connectivity index (χ4v) is 9.44. The Bertz CT molecular complexity index is 2190. The number of hydrogen-bond donors (Lipinski definition) is 9. The van der Waals surface area contributed by atoms with Crippen LogP contribution < -0.4 is 43.4 Å². The van der Waals surface area contributed by atoms with E-state index in [0.717, 1.165) is 54.1 Å². The number of fused-ring (bicyclic) bond motifs is 2.